The van der Waals surface area contributed by atoms with Crippen molar-refractivity contribution in [3.05, 3.63) is 96.0 Å². The largest absolute Gasteiger partial charge is 0.480 e. The summed E-state index contributed by atoms with van der Waals surface area (Å²) in [4.78, 5) is 32.2. The summed E-state index contributed by atoms with van der Waals surface area (Å²) in [6, 6.07) is 19.9. The standard InChI is InChI=1S/C21H20N2O4S3.C20H18N2O4S3/c1-12(2)19(21(24)27-3)23-30(25,26)14-5-7-17-16(11-14)15-6-4-13(10-18(15)29-17)20-22-8-9-28-20;1-11(2)18(20(23)24)22-29(25,26)13-4-6-16-15(10-13)14-5-3-12(9-17(14)28-16)19-21-7-8-27-19/h4-12,19,23H,1-3H3;3-11,18,22H,1-2H3,(H,23,24)/t19-;18-/m11/s1. The minimum absolute atomic E-state index is 0.0561. The fourth-order valence-corrected chi connectivity index (χ4v) is 12.6. The maximum atomic E-state index is 13.0. The molecule has 0 bridgehead atoms. The zero-order chi connectivity index (χ0) is 42.2. The van der Waals surface area contributed by atoms with Crippen LogP contribution in [0.5, 0.6) is 0 Å². The molecular weight excluding hydrogens is 869 g/mol. The number of esters is 1. The van der Waals surface area contributed by atoms with Crippen molar-refractivity contribution in [1.29, 1.82) is 0 Å². The van der Waals surface area contributed by atoms with E-state index in [1.165, 1.54) is 13.2 Å². The average molecular weight is 907 g/mol. The molecule has 0 unspecified atom stereocenters. The fourth-order valence-electron chi connectivity index (χ4n) is 6.37. The number of methoxy groups -OCH3 is 1. The van der Waals surface area contributed by atoms with Gasteiger partial charge >= 0.3 is 11.9 Å². The Labute approximate surface area is 356 Å². The van der Waals surface area contributed by atoms with Crippen LogP contribution in [-0.2, 0) is 34.4 Å². The van der Waals surface area contributed by atoms with Gasteiger partial charge in [0.2, 0.25) is 20.0 Å². The Morgan fingerprint density at radius 3 is 1.42 bits per heavy atom. The van der Waals surface area contributed by atoms with Crippen molar-refractivity contribution in [2.45, 2.75) is 49.6 Å². The number of benzene rings is 4. The Hall–Kier alpha value is -4.66. The van der Waals surface area contributed by atoms with Crippen LogP contribution in [0.3, 0.4) is 0 Å². The van der Waals surface area contributed by atoms with Crippen LogP contribution in [0, 0.1) is 11.8 Å². The molecular formula is C41H38N4O8S6. The maximum Gasteiger partial charge on any atom is 0.324 e. The minimum atomic E-state index is -3.97. The maximum absolute atomic E-state index is 13.0. The predicted molar refractivity (Wildman–Crippen MR) is 238 cm³/mol. The van der Waals surface area contributed by atoms with E-state index in [0.717, 1.165) is 61.5 Å². The molecule has 0 radical (unpaired) electrons. The van der Waals surface area contributed by atoms with E-state index in [1.807, 2.05) is 35.0 Å². The number of ether oxygens (including phenoxy) is 1. The summed E-state index contributed by atoms with van der Waals surface area (Å²) in [5.41, 5.74) is 2.06. The van der Waals surface area contributed by atoms with E-state index in [4.69, 9.17) is 4.74 Å². The lowest BCUT2D eigenvalue weighted by molar-refractivity contribution is -0.143. The smallest absolute Gasteiger partial charge is 0.324 e. The summed E-state index contributed by atoms with van der Waals surface area (Å²) in [6.07, 6.45) is 3.54. The second-order valence-corrected chi connectivity index (χ2v) is 21.5. The molecule has 0 aliphatic carbocycles. The van der Waals surface area contributed by atoms with Crippen molar-refractivity contribution in [1.82, 2.24) is 19.4 Å². The molecule has 0 amide bonds. The highest BCUT2D eigenvalue weighted by Crippen LogP contribution is 2.39. The van der Waals surface area contributed by atoms with Gasteiger partial charge < -0.3 is 9.84 Å². The van der Waals surface area contributed by atoms with Crippen LogP contribution in [-0.4, -0.2) is 63.0 Å². The van der Waals surface area contributed by atoms with Gasteiger partial charge in [0.1, 0.15) is 22.1 Å². The number of thiazole rings is 2. The van der Waals surface area contributed by atoms with Gasteiger partial charge in [-0.2, -0.15) is 9.44 Å². The van der Waals surface area contributed by atoms with Gasteiger partial charge in [0, 0.05) is 74.6 Å². The number of carbonyl (C=O) groups is 2. The third-order valence-corrected chi connectivity index (χ3v) is 16.3. The SMILES string of the molecule is CC(C)[C@@H](NS(=O)(=O)c1ccc2sc3cc(-c4nccs4)ccc3c2c1)C(=O)O.COC(=O)[C@H](NS(=O)(=O)c1ccc2sc3cc(-c4nccs4)ccc3c2c1)C(C)C. The molecule has 0 saturated heterocycles. The number of carboxylic acids is 1. The fraction of sp³-hybridized carbons (Fsp3) is 0.220. The van der Waals surface area contributed by atoms with Crippen LogP contribution in [0.2, 0.25) is 0 Å². The first-order valence-electron chi connectivity index (χ1n) is 18.1. The zero-order valence-corrected chi connectivity index (χ0v) is 37.1. The first-order chi connectivity index (χ1) is 28.1. The number of carbonyl (C=O) groups excluding carboxylic acids is 1. The van der Waals surface area contributed by atoms with Gasteiger partial charge in [-0.05, 0) is 60.4 Å². The summed E-state index contributed by atoms with van der Waals surface area (Å²) in [5, 5.41) is 18.7. The number of carboxylic acid groups (broad SMARTS) is 1. The van der Waals surface area contributed by atoms with Crippen molar-refractivity contribution in [2.24, 2.45) is 11.8 Å². The van der Waals surface area contributed by atoms with Gasteiger partial charge in [0.15, 0.2) is 0 Å². The molecule has 8 aromatic rings. The number of rotatable bonds is 12. The Bertz CT molecular complexity index is 3050. The number of thiophene rings is 2. The first-order valence-corrected chi connectivity index (χ1v) is 24.5. The van der Waals surface area contributed by atoms with Crippen LogP contribution in [0.4, 0.5) is 0 Å². The predicted octanol–water partition coefficient (Wildman–Crippen LogP) is 9.22. The first kappa shape index (κ1) is 42.5. The molecule has 0 spiro atoms. The van der Waals surface area contributed by atoms with Crippen molar-refractivity contribution >= 4 is 118 Å². The molecule has 8 rings (SSSR count). The van der Waals surface area contributed by atoms with Gasteiger partial charge in [0.05, 0.1) is 16.9 Å². The number of nitrogens with one attached hydrogen (secondary N) is 2. The van der Waals surface area contributed by atoms with Crippen LogP contribution in [0.15, 0.2) is 106 Å². The number of fused-ring (bicyclic) bond motifs is 6. The molecule has 4 aromatic carbocycles. The second kappa shape index (κ2) is 17.1. The highest BCUT2D eigenvalue weighted by molar-refractivity contribution is 7.89. The highest BCUT2D eigenvalue weighted by Gasteiger charge is 2.30. The van der Waals surface area contributed by atoms with Crippen LogP contribution < -0.4 is 9.44 Å². The van der Waals surface area contributed by atoms with Crippen molar-refractivity contribution in [3.63, 3.8) is 0 Å². The lowest BCUT2D eigenvalue weighted by Gasteiger charge is -2.19. The summed E-state index contributed by atoms with van der Waals surface area (Å²) in [6.45, 7) is 6.85. The van der Waals surface area contributed by atoms with Gasteiger partial charge in [-0.25, -0.2) is 26.8 Å². The average Bonchev–Trinajstić information content (AvgIpc) is 4.04. The van der Waals surface area contributed by atoms with Gasteiger partial charge in [-0.1, -0.05) is 52.0 Å². The van der Waals surface area contributed by atoms with Gasteiger partial charge in [0.25, 0.3) is 0 Å². The molecule has 306 valence electrons. The Morgan fingerprint density at radius 1 is 0.610 bits per heavy atom. The molecule has 4 heterocycles. The normalized spacial score (nSPS) is 13.3. The second-order valence-electron chi connectivity index (χ2n) is 14.2. The Morgan fingerprint density at radius 2 is 1.05 bits per heavy atom. The molecule has 3 N–H and O–H groups in total. The number of sulfonamides is 2. The summed E-state index contributed by atoms with van der Waals surface area (Å²) in [5.74, 6) is -2.43. The van der Waals surface area contributed by atoms with Crippen molar-refractivity contribution < 1.29 is 36.3 Å². The monoisotopic (exact) mass is 906 g/mol. The molecule has 0 fully saturated rings. The molecule has 59 heavy (non-hydrogen) atoms. The number of aromatic nitrogens is 2. The molecule has 18 heteroatoms. The van der Waals surface area contributed by atoms with E-state index in [0.29, 0.717) is 0 Å². The Kier molecular flexibility index (Phi) is 12.3. The van der Waals surface area contributed by atoms with Crippen molar-refractivity contribution in [2.75, 3.05) is 7.11 Å². The lowest BCUT2D eigenvalue weighted by Crippen LogP contribution is -2.44. The van der Waals surface area contributed by atoms with Crippen molar-refractivity contribution in [3.8, 4) is 21.1 Å². The highest BCUT2D eigenvalue weighted by atomic mass is 32.2. The summed E-state index contributed by atoms with van der Waals surface area (Å²) in [7, 11) is -6.62. The summed E-state index contributed by atoms with van der Waals surface area (Å²) < 4.78 is 65.1. The molecule has 0 saturated carbocycles. The van der Waals surface area contributed by atoms with E-state index in [2.05, 4.69) is 31.5 Å². The third kappa shape index (κ3) is 8.95. The zero-order valence-electron chi connectivity index (χ0n) is 32.2. The number of hydrogen-bond acceptors (Lipinski definition) is 13. The molecule has 2 atom stereocenters. The molecule has 0 aliphatic heterocycles. The lowest BCUT2D eigenvalue weighted by atomic mass is 10.1. The van der Waals surface area contributed by atoms with Gasteiger partial charge in [-0.15, -0.1) is 45.3 Å². The van der Waals surface area contributed by atoms with E-state index in [1.54, 1.807) is 116 Å². The number of hydrogen-bond donors (Lipinski definition) is 3. The van der Waals surface area contributed by atoms with Crippen LogP contribution >= 0.6 is 45.3 Å². The minimum Gasteiger partial charge on any atom is -0.480 e. The molecule has 4 aromatic heterocycles. The Balaban J connectivity index is 0.000000179. The molecule has 12 nitrogen and oxygen atoms in total. The van der Waals surface area contributed by atoms with E-state index in [-0.39, 0.29) is 21.6 Å². The van der Waals surface area contributed by atoms with E-state index >= 15 is 0 Å². The third-order valence-electron chi connectivity index (χ3n) is 9.48. The number of nitrogens with zero attached hydrogens (tertiary/aromatic N) is 2. The number of aliphatic carboxylic acids is 1. The van der Waals surface area contributed by atoms with Crippen LogP contribution in [0.25, 0.3) is 61.5 Å². The summed E-state index contributed by atoms with van der Waals surface area (Å²) >= 11 is 6.33. The van der Waals surface area contributed by atoms with E-state index < -0.39 is 44.1 Å². The van der Waals surface area contributed by atoms with Gasteiger partial charge in [-0.3, -0.25) is 9.59 Å². The van der Waals surface area contributed by atoms with Crippen LogP contribution in [0.1, 0.15) is 27.7 Å². The quantitative estimate of drug-likeness (QED) is 0.100. The topological polar surface area (TPSA) is 182 Å². The van der Waals surface area contributed by atoms with E-state index in [9.17, 15) is 31.5 Å². The molecule has 0 aliphatic rings.